The molecule has 2 atom stereocenters. The first kappa shape index (κ1) is 14.2. The van der Waals surface area contributed by atoms with E-state index in [1.165, 1.54) is 4.90 Å². The van der Waals surface area contributed by atoms with Crippen molar-refractivity contribution in [1.29, 1.82) is 0 Å². The monoisotopic (exact) mass is 290 g/mol. The van der Waals surface area contributed by atoms with Gasteiger partial charge in [0.1, 0.15) is 6.23 Å². The molecular weight excluding hydrogens is 270 g/mol. The highest BCUT2D eigenvalue weighted by molar-refractivity contribution is 5.68. The maximum Gasteiger partial charge on any atom is 0.413 e. The predicted octanol–water partition coefficient (Wildman–Crippen LogP) is 0.988. The summed E-state index contributed by atoms with van der Waals surface area (Å²) in [6.45, 7) is 2.56. The Kier molecular flexibility index (Phi) is 4.26. The summed E-state index contributed by atoms with van der Waals surface area (Å²) >= 11 is 0. The molecule has 0 saturated carbocycles. The number of hydrogen-bond acceptors (Lipinski definition) is 4. The van der Waals surface area contributed by atoms with E-state index < -0.39 is 18.5 Å². The average molecular weight is 290 g/mol. The van der Waals surface area contributed by atoms with Crippen molar-refractivity contribution in [3.63, 3.8) is 0 Å². The van der Waals surface area contributed by atoms with Gasteiger partial charge in [0.05, 0.1) is 6.54 Å². The van der Waals surface area contributed by atoms with Gasteiger partial charge in [0.15, 0.2) is 6.23 Å². The summed E-state index contributed by atoms with van der Waals surface area (Å²) < 4.78 is 5.42. The highest BCUT2D eigenvalue weighted by Gasteiger charge is 2.31. The lowest BCUT2D eigenvalue weighted by Crippen LogP contribution is -2.50. The van der Waals surface area contributed by atoms with Crippen LogP contribution < -0.4 is 10.2 Å². The van der Waals surface area contributed by atoms with Gasteiger partial charge in [0.2, 0.25) is 0 Å². The quantitative estimate of drug-likeness (QED) is 0.882. The van der Waals surface area contributed by atoms with Gasteiger partial charge < -0.3 is 14.7 Å². The van der Waals surface area contributed by atoms with Gasteiger partial charge in [-0.15, -0.1) is 0 Å². The summed E-state index contributed by atoms with van der Waals surface area (Å²) in [7, 11) is 0. The lowest BCUT2D eigenvalue weighted by molar-refractivity contribution is -0.00115. The topological polar surface area (TPSA) is 67.1 Å². The van der Waals surface area contributed by atoms with Crippen molar-refractivity contribution in [2.45, 2.75) is 25.3 Å². The van der Waals surface area contributed by atoms with Crippen LogP contribution in [-0.2, 0) is 4.74 Å². The van der Waals surface area contributed by atoms with Gasteiger partial charge in [-0.2, -0.15) is 5.32 Å². The van der Waals surface area contributed by atoms with Gasteiger partial charge >= 0.3 is 6.09 Å². The SMILES string of the molecule is O=C(O[C@H]1CN(c2ccccc2)CC[N]1)N1CCCC1O. The molecule has 1 aromatic carbocycles. The molecule has 2 fully saturated rings. The van der Waals surface area contributed by atoms with E-state index in [2.05, 4.69) is 10.2 Å². The van der Waals surface area contributed by atoms with Crippen LogP contribution in [-0.4, -0.2) is 54.7 Å². The molecule has 0 bridgehead atoms. The minimum Gasteiger partial charge on any atom is -0.427 e. The number of rotatable bonds is 2. The van der Waals surface area contributed by atoms with E-state index in [1.807, 2.05) is 30.3 Å². The molecule has 1 aromatic rings. The number of ether oxygens (including phenoxy) is 1. The zero-order valence-corrected chi connectivity index (χ0v) is 11.9. The lowest BCUT2D eigenvalue weighted by Gasteiger charge is -2.34. The van der Waals surface area contributed by atoms with Crippen molar-refractivity contribution in [3.8, 4) is 0 Å². The van der Waals surface area contributed by atoms with E-state index in [-0.39, 0.29) is 0 Å². The van der Waals surface area contributed by atoms with Crippen LogP contribution in [0, 0.1) is 0 Å². The Labute approximate surface area is 124 Å². The summed E-state index contributed by atoms with van der Waals surface area (Å²) in [5, 5.41) is 14.1. The van der Waals surface area contributed by atoms with Crippen LogP contribution >= 0.6 is 0 Å². The number of amides is 1. The van der Waals surface area contributed by atoms with Crippen molar-refractivity contribution in [1.82, 2.24) is 10.2 Å². The van der Waals surface area contributed by atoms with Crippen molar-refractivity contribution >= 4 is 11.8 Å². The molecule has 1 radical (unpaired) electrons. The maximum absolute atomic E-state index is 12.0. The van der Waals surface area contributed by atoms with Gasteiger partial charge in [0, 0.05) is 25.3 Å². The van der Waals surface area contributed by atoms with Crippen molar-refractivity contribution < 1.29 is 14.6 Å². The standard InChI is InChI=1S/C15H20N3O3/c19-14-7-4-9-18(14)15(20)21-13-11-17(10-8-16-13)12-5-2-1-3-6-12/h1-3,5-6,13-14,19H,4,7-11H2/t13-,14?/m0/s1. The second kappa shape index (κ2) is 6.32. The fourth-order valence-electron chi connectivity index (χ4n) is 2.75. The highest BCUT2D eigenvalue weighted by atomic mass is 16.6. The molecule has 6 heteroatoms. The summed E-state index contributed by atoms with van der Waals surface area (Å²) in [6.07, 6.45) is -0.226. The van der Waals surface area contributed by atoms with Crippen LogP contribution in [0.2, 0.25) is 0 Å². The second-order valence-corrected chi connectivity index (χ2v) is 5.34. The first-order chi connectivity index (χ1) is 10.2. The third kappa shape index (κ3) is 3.28. The number of aliphatic hydroxyl groups is 1. The highest BCUT2D eigenvalue weighted by Crippen LogP contribution is 2.19. The van der Waals surface area contributed by atoms with Gasteiger partial charge in [-0.25, -0.2) is 4.79 Å². The van der Waals surface area contributed by atoms with Crippen LogP contribution in [0.3, 0.4) is 0 Å². The van der Waals surface area contributed by atoms with Crippen LogP contribution in [0.5, 0.6) is 0 Å². The Morgan fingerprint density at radius 1 is 1.29 bits per heavy atom. The van der Waals surface area contributed by atoms with Gasteiger partial charge in [-0.3, -0.25) is 4.90 Å². The van der Waals surface area contributed by atoms with Gasteiger partial charge in [0.25, 0.3) is 0 Å². The molecule has 21 heavy (non-hydrogen) atoms. The van der Waals surface area contributed by atoms with E-state index in [4.69, 9.17) is 4.74 Å². The number of carbonyl (C=O) groups excluding carboxylic acids is 1. The molecule has 2 saturated heterocycles. The molecule has 2 aliphatic rings. The minimum absolute atomic E-state index is 0.469. The number of benzene rings is 1. The van der Waals surface area contributed by atoms with Crippen LogP contribution in [0.1, 0.15) is 12.8 Å². The maximum atomic E-state index is 12.0. The Bertz CT molecular complexity index is 482. The van der Waals surface area contributed by atoms with Crippen molar-refractivity contribution in [3.05, 3.63) is 30.3 Å². The summed E-state index contributed by atoms with van der Waals surface area (Å²) in [5.74, 6) is 0. The smallest absolute Gasteiger partial charge is 0.413 e. The summed E-state index contributed by atoms with van der Waals surface area (Å²) in [6, 6.07) is 10.0. The first-order valence-corrected chi connectivity index (χ1v) is 7.36. The molecule has 2 aliphatic heterocycles. The molecule has 113 valence electrons. The zero-order chi connectivity index (χ0) is 14.7. The van der Waals surface area contributed by atoms with E-state index in [0.29, 0.717) is 26.1 Å². The second-order valence-electron chi connectivity index (χ2n) is 5.34. The predicted molar refractivity (Wildman–Crippen MR) is 77.9 cm³/mol. The molecule has 0 aromatic heterocycles. The third-order valence-corrected chi connectivity index (χ3v) is 3.89. The fourth-order valence-corrected chi connectivity index (χ4v) is 2.75. The number of carbonyl (C=O) groups is 1. The molecule has 6 nitrogen and oxygen atoms in total. The Balaban J connectivity index is 1.57. The molecular formula is C15H20N3O3. The van der Waals surface area contributed by atoms with Gasteiger partial charge in [-0.1, -0.05) is 18.2 Å². The Morgan fingerprint density at radius 3 is 2.81 bits per heavy atom. The molecule has 1 amide bonds. The first-order valence-electron chi connectivity index (χ1n) is 7.36. The normalized spacial score (nSPS) is 26.0. The van der Waals surface area contributed by atoms with E-state index in [9.17, 15) is 9.90 Å². The third-order valence-electron chi connectivity index (χ3n) is 3.89. The van der Waals surface area contributed by atoms with E-state index in [0.717, 1.165) is 18.7 Å². The lowest BCUT2D eigenvalue weighted by atomic mass is 10.2. The van der Waals surface area contributed by atoms with Crippen molar-refractivity contribution in [2.24, 2.45) is 0 Å². The molecule has 1 unspecified atom stereocenters. The number of hydrogen-bond donors (Lipinski definition) is 1. The number of aliphatic hydroxyl groups excluding tert-OH is 1. The fraction of sp³-hybridized carbons (Fsp3) is 0.533. The van der Waals surface area contributed by atoms with E-state index in [1.54, 1.807) is 0 Å². The molecule has 0 aliphatic carbocycles. The van der Waals surface area contributed by atoms with Gasteiger partial charge in [-0.05, 0) is 25.0 Å². The minimum atomic E-state index is -0.716. The number of likely N-dealkylation sites (tertiary alicyclic amines) is 1. The van der Waals surface area contributed by atoms with Crippen LogP contribution in [0.25, 0.3) is 0 Å². The largest absolute Gasteiger partial charge is 0.427 e. The molecule has 3 rings (SSSR count). The molecule has 0 spiro atoms. The van der Waals surface area contributed by atoms with Crippen molar-refractivity contribution in [2.75, 3.05) is 31.1 Å². The average Bonchev–Trinajstić information content (AvgIpc) is 2.95. The number of para-hydroxylation sites is 1. The summed E-state index contributed by atoms with van der Waals surface area (Å²) in [4.78, 5) is 15.6. The number of piperazine rings is 1. The Hall–Kier alpha value is -1.79. The Morgan fingerprint density at radius 2 is 2.10 bits per heavy atom. The summed E-state index contributed by atoms with van der Waals surface area (Å²) in [5.41, 5.74) is 1.11. The molecule has 1 N–H and O–H groups in total. The van der Waals surface area contributed by atoms with Crippen LogP contribution in [0.15, 0.2) is 30.3 Å². The number of anilines is 1. The number of nitrogens with zero attached hydrogens (tertiary/aromatic N) is 3. The van der Waals surface area contributed by atoms with Crippen LogP contribution in [0.4, 0.5) is 10.5 Å². The zero-order valence-electron chi connectivity index (χ0n) is 11.9. The van der Waals surface area contributed by atoms with E-state index >= 15 is 0 Å². The molecule has 2 heterocycles.